The van der Waals surface area contributed by atoms with Crippen LogP contribution in [0, 0.1) is 4.77 Å². The fourth-order valence-electron chi connectivity index (χ4n) is 2.23. The summed E-state index contributed by atoms with van der Waals surface area (Å²) < 4.78 is 51.4. The lowest BCUT2D eigenvalue weighted by Gasteiger charge is -2.27. The fraction of sp³-hybridized carbons (Fsp3) is 0.556. The van der Waals surface area contributed by atoms with Crippen LogP contribution in [-0.2, 0) is 31.6 Å². The minimum Gasteiger partial charge on any atom is -0.385 e. The molecule has 16 nitrogen and oxygen atoms in total. The number of aromatic nitrogens is 2. The van der Waals surface area contributed by atoms with Crippen molar-refractivity contribution in [3.05, 3.63) is 17.0 Å². The highest BCUT2D eigenvalue weighted by Gasteiger charge is 2.56. The molecule has 2 rings (SSSR count). The number of phosphoric acid groups is 3. The van der Waals surface area contributed by atoms with E-state index in [0.29, 0.717) is 0 Å². The van der Waals surface area contributed by atoms with Crippen LogP contribution in [0.1, 0.15) is 13.2 Å². The summed E-state index contributed by atoms with van der Waals surface area (Å²) in [6.45, 7) is 1.06. The van der Waals surface area contributed by atoms with Crippen molar-refractivity contribution < 1.29 is 61.4 Å². The van der Waals surface area contributed by atoms with Crippen LogP contribution in [0.4, 0.5) is 5.82 Å². The first-order valence-electron chi connectivity index (χ1n) is 7.16. The summed E-state index contributed by atoms with van der Waals surface area (Å²) in [6.07, 6.45) is -4.43. The Bertz CT molecular complexity index is 978. The highest BCUT2D eigenvalue weighted by Crippen LogP contribution is 2.67. The van der Waals surface area contributed by atoms with Crippen LogP contribution >= 0.6 is 35.7 Å². The van der Waals surface area contributed by atoms with Gasteiger partial charge in [0, 0.05) is 6.20 Å². The van der Waals surface area contributed by atoms with E-state index in [9.17, 15) is 28.8 Å². The Morgan fingerprint density at radius 2 is 1.83 bits per heavy atom. The van der Waals surface area contributed by atoms with Crippen molar-refractivity contribution in [3.63, 3.8) is 0 Å². The lowest BCUT2D eigenvalue weighted by atomic mass is 9.99. The number of rotatable bonds is 7. The van der Waals surface area contributed by atoms with Gasteiger partial charge in [-0.15, -0.1) is 0 Å². The summed E-state index contributed by atoms with van der Waals surface area (Å²) in [5, 5.41) is 20.7. The van der Waals surface area contributed by atoms with E-state index in [0.717, 1.165) is 11.5 Å². The molecule has 20 heteroatoms. The van der Waals surface area contributed by atoms with Crippen molar-refractivity contribution >= 4 is 41.5 Å². The smallest absolute Gasteiger partial charge is 0.385 e. The molecule has 0 radical (unpaired) electrons. The molecule has 1 aromatic rings. The molecule has 1 fully saturated rings. The molecule has 0 amide bonds. The summed E-state index contributed by atoms with van der Waals surface area (Å²) in [5.74, 6) is 0.0363. The molecule has 0 saturated carbocycles. The van der Waals surface area contributed by atoms with Gasteiger partial charge in [0.05, 0.1) is 0 Å². The quantitative estimate of drug-likeness (QED) is 0.184. The lowest BCUT2D eigenvalue weighted by Crippen LogP contribution is -2.44. The maximum Gasteiger partial charge on any atom is 0.490 e. The second-order valence-corrected chi connectivity index (χ2v) is 10.5. The molecule has 1 saturated heterocycles. The van der Waals surface area contributed by atoms with Crippen LogP contribution in [0.15, 0.2) is 12.3 Å². The summed E-state index contributed by atoms with van der Waals surface area (Å²) in [7, 11) is -17.0. The molecule has 2 heterocycles. The van der Waals surface area contributed by atoms with Gasteiger partial charge in [0.2, 0.25) is 11.1 Å². The molecular weight excluding hydrogens is 483 g/mol. The number of nitrogen functional groups attached to an aromatic ring is 1. The van der Waals surface area contributed by atoms with Crippen molar-refractivity contribution in [3.8, 4) is 0 Å². The Labute approximate surface area is 166 Å². The number of hydrogen-bond donors (Lipinski definition) is 7. The topological polar surface area (TPSA) is 253 Å². The van der Waals surface area contributed by atoms with E-state index in [1.165, 1.54) is 12.3 Å². The molecule has 0 bridgehead atoms. The highest BCUT2D eigenvalue weighted by atomic mass is 32.1. The summed E-state index contributed by atoms with van der Waals surface area (Å²) in [4.78, 5) is 39.4. The number of hydrogen-bond acceptors (Lipinski definition) is 12. The minimum absolute atomic E-state index is 0.0363. The molecule has 0 aromatic carbocycles. The van der Waals surface area contributed by atoms with Crippen molar-refractivity contribution in [1.29, 1.82) is 0 Å². The van der Waals surface area contributed by atoms with E-state index >= 15 is 0 Å². The Hall–Kier alpha value is -0.610. The van der Waals surface area contributed by atoms with E-state index in [-0.39, 0.29) is 10.6 Å². The second kappa shape index (κ2) is 8.15. The molecular formula is C9H16N3O13P3S. The number of aliphatic hydroxyl groups is 2. The Balaban J connectivity index is 2.23. The number of nitrogens with zero attached hydrogens (tertiary/aromatic N) is 2. The summed E-state index contributed by atoms with van der Waals surface area (Å²) >= 11 is 4.96. The minimum atomic E-state index is -5.78. The Kier molecular flexibility index (Phi) is 6.93. The van der Waals surface area contributed by atoms with Gasteiger partial charge in [-0.05, 0) is 25.2 Å². The summed E-state index contributed by atoms with van der Waals surface area (Å²) in [6, 6.07) is 1.28. The van der Waals surface area contributed by atoms with E-state index < -0.39 is 47.7 Å². The highest BCUT2D eigenvalue weighted by molar-refractivity contribution is 7.71. The maximum atomic E-state index is 11.9. The van der Waals surface area contributed by atoms with E-state index in [2.05, 4.69) is 18.1 Å². The van der Waals surface area contributed by atoms with Crippen LogP contribution in [0.25, 0.3) is 0 Å². The summed E-state index contributed by atoms with van der Waals surface area (Å²) in [5.41, 5.74) is 3.27. The molecule has 1 aliphatic rings. The first-order chi connectivity index (χ1) is 12.9. The first kappa shape index (κ1) is 24.7. The van der Waals surface area contributed by atoms with Gasteiger partial charge in [0.25, 0.3) is 0 Å². The van der Waals surface area contributed by atoms with Gasteiger partial charge in [-0.1, -0.05) is 0 Å². The van der Waals surface area contributed by atoms with Crippen LogP contribution in [0.3, 0.4) is 0 Å². The largest absolute Gasteiger partial charge is 0.490 e. The van der Waals surface area contributed by atoms with E-state index in [4.69, 9.17) is 37.4 Å². The van der Waals surface area contributed by atoms with E-state index in [1.54, 1.807) is 0 Å². The predicted molar refractivity (Wildman–Crippen MR) is 93.0 cm³/mol. The second-order valence-electron chi connectivity index (χ2n) is 5.77. The monoisotopic (exact) mass is 499 g/mol. The van der Waals surface area contributed by atoms with Crippen molar-refractivity contribution in [2.45, 2.75) is 31.1 Å². The number of anilines is 1. The zero-order valence-corrected chi connectivity index (χ0v) is 17.6. The third kappa shape index (κ3) is 6.19. The molecule has 0 spiro atoms. The van der Waals surface area contributed by atoms with Crippen molar-refractivity contribution in [2.75, 3.05) is 5.73 Å². The standard InChI is InChI=1S/C9H16N3O13P3S/c1-9(14)5(13)6(22-7(9)12-3-2-4(10)11-8(12)29)23-27(18,19)25-28(20,21)24-26(15,16)17/h2-3,5-7,13-14H,1H3,(H,18,19)(H,20,21)(H2,10,11,29)(H2,15,16,17)/t5-,6+,7+,9?/m0/s1. The molecule has 1 aliphatic heterocycles. The molecule has 8 N–H and O–H groups in total. The van der Waals surface area contributed by atoms with Gasteiger partial charge < -0.3 is 40.3 Å². The van der Waals surface area contributed by atoms with Crippen LogP contribution in [0.5, 0.6) is 0 Å². The van der Waals surface area contributed by atoms with Crippen molar-refractivity contribution in [1.82, 2.24) is 9.55 Å². The van der Waals surface area contributed by atoms with Crippen molar-refractivity contribution in [2.24, 2.45) is 0 Å². The molecule has 6 atom stereocenters. The Morgan fingerprint density at radius 3 is 2.34 bits per heavy atom. The molecule has 3 unspecified atom stereocenters. The zero-order chi connectivity index (χ0) is 22.4. The third-order valence-electron chi connectivity index (χ3n) is 3.38. The van der Waals surface area contributed by atoms with Crippen LogP contribution in [0.2, 0.25) is 0 Å². The fourth-order valence-corrected chi connectivity index (χ4v) is 5.57. The number of ether oxygens (including phenoxy) is 1. The third-order valence-corrected chi connectivity index (χ3v) is 7.48. The number of aliphatic hydroxyl groups excluding tert-OH is 1. The molecule has 0 aliphatic carbocycles. The molecule has 29 heavy (non-hydrogen) atoms. The zero-order valence-electron chi connectivity index (χ0n) is 14.1. The van der Waals surface area contributed by atoms with Gasteiger partial charge in [-0.3, -0.25) is 9.09 Å². The average Bonchev–Trinajstić information content (AvgIpc) is 2.67. The Morgan fingerprint density at radius 1 is 1.24 bits per heavy atom. The normalized spacial score (nSPS) is 31.9. The van der Waals surface area contributed by atoms with Gasteiger partial charge in [-0.2, -0.15) is 8.62 Å². The van der Waals surface area contributed by atoms with Gasteiger partial charge >= 0.3 is 23.5 Å². The number of nitrogens with two attached hydrogens (primary N) is 1. The SMILES string of the molecule is CC1(O)[C@@H](O)[C@@H](OP(=O)(O)OP(=O)(O)OP(=O)(O)O)O[C@H]1n1ccc(N)nc1=S. The van der Waals surface area contributed by atoms with Gasteiger partial charge in [0.15, 0.2) is 6.23 Å². The van der Waals surface area contributed by atoms with Crippen LogP contribution < -0.4 is 5.73 Å². The van der Waals surface area contributed by atoms with E-state index in [1.807, 2.05) is 0 Å². The number of phosphoric ester groups is 1. The van der Waals surface area contributed by atoms with Crippen LogP contribution in [-0.4, -0.2) is 57.3 Å². The predicted octanol–water partition coefficient (Wildman–Crippen LogP) is -0.495. The molecule has 166 valence electrons. The van der Waals surface area contributed by atoms with Gasteiger partial charge in [-0.25, -0.2) is 18.7 Å². The first-order valence-corrected chi connectivity index (χ1v) is 12.1. The van der Waals surface area contributed by atoms with Gasteiger partial charge in [0.1, 0.15) is 17.5 Å². The molecule has 1 aromatic heterocycles. The average molecular weight is 499 g/mol. The maximum absolute atomic E-state index is 11.9. The lowest BCUT2D eigenvalue weighted by molar-refractivity contribution is -0.136.